The average molecular weight is 2180 g/mol. The predicted octanol–water partition coefficient (Wildman–Crippen LogP) is 18.4. The van der Waals surface area contributed by atoms with Gasteiger partial charge in [0, 0.05) is 102 Å². The zero-order chi connectivity index (χ0) is 108. The van der Waals surface area contributed by atoms with E-state index in [1.54, 1.807) is 114 Å². The van der Waals surface area contributed by atoms with Crippen LogP contribution in [0, 0.1) is 84.5 Å². The van der Waals surface area contributed by atoms with Crippen LogP contribution < -0.4 is 34.7 Å². The number of aliphatic carboxylic acids is 2. The topological polar surface area (TPSA) is 415 Å². The van der Waals surface area contributed by atoms with Crippen LogP contribution in [-0.4, -0.2) is 192 Å². The molecule has 0 bridgehead atoms. The van der Waals surface area contributed by atoms with Crippen LogP contribution >= 0.6 is 59.4 Å². The maximum atomic E-state index is 14.1. The lowest BCUT2D eigenvalue weighted by Crippen LogP contribution is -2.27. The van der Waals surface area contributed by atoms with Crippen LogP contribution in [0.2, 0.25) is 10.0 Å². The van der Waals surface area contributed by atoms with Crippen molar-refractivity contribution in [3.8, 4) is 38.7 Å². The lowest BCUT2D eigenvalue weighted by molar-refractivity contribution is -0.138. The largest absolute Gasteiger partial charge is 0.494 e. The maximum absolute atomic E-state index is 14.1. The molecule has 0 aliphatic carbocycles. The number of thiophene rings is 2. The molecule has 4 atom stereocenters. The number of carbonyl (C=O) groups excluding carboxylic acids is 2. The molecular weight excluding hydrogens is 2070 g/mol. The predicted molar refractivity (Wildman–Crippen MR) is 558 cm³/mol. The van der Waals surface area contributed by atoms with Gasteiger partial charge in [0.2, 0.25) is 60.8 Å². The number of methoxy groups -OCH3 is 2. The number of benzene rings is 9. The van der Waals surface area contributed by atoms with Crippen molar-refractivity contribution in [2.45, 2.75) is 141 Å². The number of carboxylic acid groups (broad SMARTS) is 2. The fourth-order valence-corrected chi connectivity index (χ4v) is 22.1. The SMILES string of the molecule is COc1cc(C(CC(=O)O)c2ccc(C)c(CN(C)S(=O)(=O)c3ccc(OCCCN)cc3)c2)cc2nnn(C)c12.COc1cc(C(CC(=O)O)c2ccc(C)c(CN(C)S(=O)(=O)c3ccc(OCCCNC(=O)C[C@@H]4N=C(c5ccc(Cl)cc5)c5c(sc(C)c5C)-n5c(C)nnc54)cc3)c2)cc2nnn(C)c12.Cc1sc2c(c1C)C(c1ccc(Cl)cc1)=N[C@@H](CC(=O)Oc1c(F)c(F)c(F)c(F)c1F)c1nnc(C)n1-2.S.[2H]CF. The van der Waals surface area contributed by atoms with Crippen molar-refractivity contribution in [1.82, 2.24) is 73.4 Å². The van der Waals surface area contributed by atoms with Crippen molar-refractivity contribution >= 4 is 137 Å². The highest BCUT2D eigenvalue weighted by molar-refractivity contribution is 7.89. The number of ether oxygens (including phenoxy) is 5. The number of sulfonamides is 2. The monoisotopic (exact) mass is 2180 g/mol. The Morgan fingerprint density at radius 3 is 1.31 bits per heavy atom. The highest BCUT2D eigenvalue weighted by atomic mass is 35.5. The van der Waals surface area contributed by atoms with Crippen LogP contribution in [-0.2, 0) is 66.4 Å². The van der Waals surface area contributed by atoms with E-state index in [1.165, 1.54) is 65.4 Å². The van der Waals surface area contributed by atoms with Crippen LogP contribution in [0.1, 0.15) is 175 Å². The number of carboxylic acids is 2. The first-order valence-corrected chi connectivity index (χ1v) is 51.3. The molecule has 17 rings (SSSR count). The minimum atomic E-state index is -3.94. The molecule has 2 aliphatic rings. The standard InChI is InChI=1S/C48H50ClN9O7S2.C29H35N5O6S.C25H16ClF5N4O2S.CH3F.H2S/c1-27-9-10-32(38(24-43(60)61)33-22-39-46(41(23-33)64-7)57(6)55-53-39)21-34(27)26-56(5)67(62,63)37-17-15-36(16-18-37)65-20-8-19-50-42(59)25-40-47-54-52-30(4)58(47)48-44(28(2)29(3)66-48)45(51-40)31-11-13-35(49)14-12-31;1-19-6-7-20(25(17-28(35)36)21-15-26-29(27(16-21)39-4)34(3)32-31-26)14-22(19)18-33(2)41(37,38)24-10-8-23(9-11-24)40-13-5-12-30;1-9-10(2)38-25-16(9)22(12-4-6-13(26)7-5-12)32-14(24-34-33-11(3)35(24)25)8-15(36)37-23-20(30)18(28)17(27)19(29)21(23)31;1-2;/h9-18,21-23,38,40H,8,19-20,24-26H2,1-7H3,(H,50,59)(H,60,61);6-11,14-16,25H,5,12-13,17-18,30H2,1-4H3,(H,35,36);4-7,14H,8H2,1-3H3;1H3;1H2/t38?,40-;;14-;;/m0.0../s1/i;;;1D;. The zero-order valence-corrected chi connectivity index (χ0v) is 88.9. The lowest BCUT2D eigenvalue weighted by Gasteiger charge is -2.22. The van der Waals surface area contributed by atoms with E-state index in [-0.39, 0.29) is 74.0 Å². The van der Waals surface area contributed by atoms with E-state index < -0.39 is 110 Å². The molecule has 1 amide bonds. The molecule has 2 aliphatic heterocycles. The second-order valence-electron chi connectivity index (χ2n) is 34.9. The van der Waals surface area contributed by atoms with Crippen LogP contribution in [0.15, 0.2) is 178 Å². The summed E-state index contributed by atoms with van der Waals surface area (Å²) in [7, 11) is 0.886. The second kappa shape index (κ2) is 48.2. The summed E-state index contributed by atoms with van der Waals surface area (Å²) in [6, 6.07) is 43.7. The molecule has 0 fully saturated rings. The Kier molecular flexibility index (Phi) is 35.9. The second-order valence-corrected chi connectivity index (χ2v) is 42.2. The van der Waals surface area contributed by atoms with Crippen molar-refractivity contribution in [2.24, 2.45) is 29.8 Å². The van der Waals surface area contributed by atoms with Gasteiger partial charge in [-0.3, -0.25) is 42.7 Å². The molecule has 0 saturated heterocycles. The Morgan fingerprint density at radius 1 is 0.530 bits per heavy atom. The number of hydrogen-bond donors (Lipinski definition) is 4. The van der Waals surface area contributed by atoms with Gasteiger partial charge in [0.25, 0.3) is 0 Å². The molecule has 46 heteroatoms. The molecule has 9 aromatic carbocycles. The van der Waals surface area contributed by atoms with Gasteiger partial charge in [-0.05, 0) is 227 Å². The fourth-order valence-electron chi connectivity index (χ4n) is 17.1. The summed E-state index contributed by atoms with van der Waals surface area (Å²) >= 11 is 15.4. The summed E-state index contributed by atoms with van der Waals surface area (Å²) < 4.78 is 176. The molecule has 33 nitrogen and oxygen atoms in total. The highest BCUT2D eigenvalue weighted by Crippen LogP contribution is 2.45. The first-order chi connectivity index (χ1) is 71.0. The van der Waals surface area contributed by atoms with E-state index in [2.05, 4.69) is 64.9 Å². The van der Waals surface area contributed by atoms with Crippen molar-refractivity contribution in [1.29, 1.82) is 0 Å². The van der Waals surface area contributed by atoms with Gasteiger partial charge in [0.1, 0.15) is 78.8 Å². The molecule has 784 valence electrons. The molecule has 6 aromatic heterocycles. The van der Waals surface area contributed by atoms with Gasteiger partial charge in [-0.25, -0.2) is 39.4 Å². The summed E-state index contributed by atoms with van der Waals surface area (Å²) in [5, 5.41) is 59.3. The Bertz CT molecular complexity index is 7850. The number of nitrogens with two attached hydrogens (primary N) is 1. The average Bonchev–Trinajstić information content (AvgIpc) is 1.59. The van der Waals surface area contributed by atoms with Crippen LogP contribution in [0.4, 0.5) is 26.3 Å². The normalized spacial score (nSPS) is 13.6. The molecule has 0 radical (unpaired) electrons. The first kappa shape index (κ1) is 111. The summed E-state index contributed by atoms with van der Waals surface area (Å²) in [5.41, 5.74) is 20.7. The summed E-state index contributed by atoms with van der Waals surface area (Å²) in [6.45, 7) is 17.2. The van der Waals surface area contributed by atoms with Crippen molar-refractivity contribution in [3.63, 3.8) is 0 Å². The Morgan fingerprint density at radius 2 is 0.919 bits per heavy atom. The van der Waals surface area contributed by atoms with Gasteiger partial charge >= 0.3 is 17.9 Å². The number of carbonyl (C=O) groups is 4. The number of nitrogens with one attached hydrogen (secondary N) is 1. The number of fused-ring (bicyclic) bond motifs is 8. The van der Waals surface area contributed by atoms with Crippen molar-refractivity contribution in [3.05, 3.63) is 308 Å². The molecular formula is C103H106Cl2F6N18O15S5. The smallest absolute Gasteiger partial charge is 0.314 e. The Balaban J connectivity index is 0.000000195. The minimum absolute atomic E-state index is 0. The Labute approximate surface area is 880 Å². The number of alkyl halides is 1. The van der Waals surface area contributed by atoms with E-state index >= 15 is 0 Å². The van der Waals surface area contributed by atoms with Crippen molar-refractivity contribution in [2.75, 3.05) is 61.8 Å². The van der Waals surface area contributed by atoms with Gasteiger partial charge < -0.3 is 44.9 Å². The van der Waals surface area contributed by atoms with Gasteiger partial charge in [-0.1, -0.05) is 94.3 Å². The minimum Gasteiger partial charge on any atom is -0.494 e. The summed E-state index contributed by atoms with van der Waals surface area (Å²) in [6.07, 6.45) is 0.238. The van der Waals surface area contributed by atoms with Gasteiger partial charge in [-0.2, -0.15) is 30.9 Å². The van der Waals surface area contributed by atoms with Gasteiger partial charge in [0.15, 0.2) is 11.6 Å². The van der Waals surface area contributed by atoms with E-state index in [0.29, 0.717) is 133 Å². The number of halogens is 8. The van der Waals surface area contributed by atoms with E-state index in [0.717, 1.165) is 81.1 Å². The third-order valence-electron chi connectivity index (χ3n) is 25.1. The number of hydrogen-bond acceptors (Lipinski definition) is 26. The number of aliphatic imine (C=N–C) groups is 2. The molecule has 8 heterocycles. The van der Waals surface area contributed by atoms with Gasteiger partial charge in [0.05, 0.1) is 82.9 Å². The highest BCUT2D eigenvalue weighted by Gasteiger charge is 2.38. The molecule has 0 saturated carbocycles. The molecule has 149 heavy (non-hydrogen) atoms. The van der Waals surface area contributed by atoms with Gasteiger partial charge in [-0.15, -0.1) is 53.3 Å². The maximum Gasteiger partial charge on any atom is 0.314 e. The number of esters is 1. The lowest BCUT2D eigenvalue weighted by atomic mass is 9.86. The third kappa shape index (κ3) is 24.5. The van der Waals surface area contributed by atoms with Crippen LogP contribution in [0.25, 0.3) is 32.1 Å². The van der Waals surface area contributed by atoms with E-state index in [4.69, 9.17) is 59.2 Å². The summed E-state index contributed by atoms with van der Waals surface area (Å²) in [4.78, 5) is 62.7. The number of aromatic nitrogens is 12. The molecule has 2 unspecified atom stereocenters. The van der Waals surface area contributed by atoms with Crippen molar-refractivity contribution < 1.29 is 97.6 Å². The quantitative estimate of drug-likeness (QED) is 0.00726. The number of aryl methyl sites for hydroxylation is 8. The van der Waals surface area contributed by atoms with Crippen LogP contribution in [0.3, 0.4) is 0 Å². The first-order valence-electron chi connectivity index (χ1n) is 46.7. The Hall–Kier alpha value is -13.8. The van der Waals surface area contributed by atoms with E-state index in [1.807, 2.05) is 112 Å². The number of amides is 1. The molecule has 15 aromatic rings. The van der Waals surface area contributed by atoms with E-state index in [9.17, 15) is 72.6 Å². The summed E-state index contributed by atoms with van der Waals surface area (Å²) in [5.74, 6) is -13.4. The molecule has 0 spiro atoms. The van der Waals surface area contributed by atoms with Crippen LogP contribution in [0.5, 0.6) is 28.7 Å². The number of nitrogens with zero attached hydrogens (tertiary/aromatic N) is 16. The third-order valence-corrected chi connectivity index (χ3v) is 31.7. The fraction of sp³-hybridized carbons (Fsp3) is 0.301. The molecule has 5 N–H and O–H groups in total. The zero-order valence-electron chi connectivity index (χ0n) is 84.1. The number of rotatable bonds is 34.